The van der Waals surface area contributed by atoms with Gasteiger partial charge in [0.05, 0.1) is 5.02 Å². The Morgan fingerprint density at radius 1 is 1.16 bits per heavy atom. The molecule has 0 radical (unpaired) electrons. The molecule has 0 aromatic heterocycles. The molecule has 4 heteroatoms. The van der Waals surface area contributed by atoms with Crippen LogP contribution in [0, 0.1) is 19.7 Å². The zero-order valence-electron chi connectivity index (χ0n) is 10.8. The van der Waals surface area contributed by atoms with Crippen LogP contribution in [-0.4, -0.2) is 0 Å². The average Bonchev–Trinajstić information content (AvgIpc) is 2.32. The molecule has 0 fully saturated rings. The fourth-order valence-corrected chi connectivity index (χ4v) is 2.37. The number of hydrogen-bond acceptors (Lipinski definition) is 1. The summed E-state index contributed by atoms with van der Waals surface area (Å²) in [4.78, 5) is 0. The van der Waals surface area contributed by atoms with Crippen LogP contribution in [0.2, 0.25) is 5.02 Å². The molecule has 0 atom stereocenters. The van der Waals surface area contributed by atoms with Crippen LogP contribution >= 0.6 is 24.0 Å². The molecule has 2 aromatic rings. The van der Waals surface area contributed by atoms with Crippen LogP contribution in [0.3, 0.4) is 0 Å². The van der Waals surface area contributed by atoms with Crippen molar-refractivity contribution in [1.82, 2.24) is 0 Å². The predicted molar refractivity (Wildman–Crippen MR) is 81.5 cm³/mol. The summed E-state index contributed by atoms with van der Waals surface area (Å²) in [5.41, 5.74) is 10.3. The van der Waals surface area contributed by atoms with E-state index in [1.54, 1.807) is 18.2 Å². The van der Waals surface area contributed by atoms with Gasteiger partial charge in [-0.15, -0.1) is 12.4 Å². The minimum Gasteiger partial charge on any atom is -0.326 e. The van der Waals surface area contributed by atoms with Gasteiger partial charge in [0.15, 0.2) is 0 Å². The third-order valence-electron chi connectivity index (χ3n) is 3.16. The predicted octanol–water partition coefficient (Wildman–Crippen LogP) is 4.64. The summed E-state index contributed by atoms with van der Waals surface area (Å²) in [5, 5.41) is 0.144. The first-order valence-corrected chi connectivity index (χ1v) is 6.17. The molecule has 0 aliphatic carbocycles. The molecule has 102 valence electrons. The van der Waals surface area contributed by atoms with Crippen LogP contribution < -0.4 is 5.73 Å². The third-order valence-corrected chi connectivity index (χ3v) is 3.45. The van der Waals surface area contributed by atoms with Gasteiger partial charge in [0.2, 0.25) is 0 Å². The van der Waals surface area contributed by atoms with Crippen molar-refractivity contribution in [2.45, 2.75) is 20.4 Å². The monoisotopic (exact) mass is 299 g/mol. The molecule has 0 heterocycles. The standard InChI is InChI=1S/C15H15ClFN.ClH/c1-9-6-11(7-10(2)13(9)8-18)12-4-3-5-14(16)15(12)17;/h3-7H,8,18H2,1-2H3;1H. The summed E-state index contributed by atoms with van der Waals surface area (Å²) in [7, 11) is 0. The molecule has 0 aliphatic heterocycles. The van der Waals surface area contributed by atoms with Gasteiger partial charge in [0, 0.05) is 12.1 Å². The van der Waals surface area contributed by atoms with E-state index in [-0.39, 0.29) is 23.2 Å². The minimum absolute atomic E-state index is 0. The zero-order chi connectivity index (χ0) is 13.3. The Morgan fingerprint density at radius 3 is 2.26 bits per heavy atom. The highest BCUT2D eigenvalue weighted by Crippen LogP contribution is 2.30. The molecule has 2 aromatic carbocycles. The summed E-state index contributed by atoms with van der Waals surface area (Å²) in [6, 6.07) is 8.93. The lowest BCUT2D eigenvalue weighted by atomic mass is 9.95. The Morgan fingerprint density at radius 2 is 1.74 bits per heavy atom. The van der Waals surface area contributed by atoms with Crippen molar-refractivity contribution >= 4 is 24.0 Å². The number of aryl methyl sites for hydroxylation is 2. The van der Waals surface area contributed by atoms with E-state index in [1.165, 1.54) is 0 Å². The summed E-state index contributed by atoms with van der Waals surface area (Å²) in [5.74, 6) is -0.376. The van der Waals surface area contributed by atoms with E-state index < -0.39 is 0 Å². The van der Waals surface area contributed by atoms with Gasteiger partial charge in [-0.3, -0.25) is 0 Å². The fraction of sp³-hybridized carbons (Fsp3) is 0.200. The van der Waals surface area contributed by atoms with E-state index in [9.17, 15) is 4.39 Å². The molecule has 19 heavy (non-hydrogen) atoms. The Balaban J connectivity index is 0.00000180. The van der Waals surface area contributed by atoms with Crippen LogP contribution in [-0.2, 0) is 6.54 Å². The molecule has 1 nitrogen and oxygen atoms in total. The zero-order valence-corrected chi connectivity index (χ0v) is 12.4. The SMILES string of the molecule is Cc1cc(-c2cccc(Cl)c2F)cc(C)c1CN.Cl. The topological polar surface area (TPSA) is 26.0 Å². The first-order chi connectivity index (χ1) is 8.54. The van der Waals surface area contributed by atoms with Crippen molar-refractivity contribution in [3.8, 4) is 11.1 Å². The molecule has 0 saturated carbocycles. The fourth-order valence-electron chi connectivity index (χ4n) is 2.20. The lowest BCUT2D eigenvalue weighted by Crippen LogP contribution is -2.02. The maximum atomic E-state index is 14.0. The maximum absolute atomic E-state index is 14.0. The highest BCUT2D eigenvalue weighted by atomic mass is 35.5. The highest BCUT2D eigenvalue weighted by molar-refractivity contribution is 6.31. The van der Waals surface area contributed by atoms with E-state index in [2.05, 4.69) is 0 Å². The van der Waals surface area contributed by atoms with Crippen LogP contribution in [0.1, 0.15) is 16.7 Å². The van der Waals surface area contributed by atoms with E-state index >= 15 is 0 Å². The molecule has 0 unspecified atom stereocenters. The van der Waals surface area contributed by atoms with E-state index in [0.29, 0.717) is 12.1 Å². The molecular formula is C15H16Cl2FN. The quantitative estimate of drug-likeness (QED) is 0.859. The first kappa shape index (κ1) is 16.0. The molecule has 0 saturated heterocycles. The van der Waals surface area contributed by atoms with Crippen molar-refractivity contribution in [3.63, 3.8) is 0 Å². The second-order valence-electron chi connectivity index (χ2n) is 4.39. The van der Waals surface area contributed by atoms with Crippen molar-refractivity contribution in [2.24, 2.45) is 5.73 Å². The molecule has 0 amide bonds. The van der Waals surface area contributed by atoms with Gasteiger partial charge >= 0.3 is 0 Å². The number of rotatable bonds is 2. The summed E-state index contributed by atoms with van der Waals surface area (Å²) >= 11 is 5.81. The molecule has 0 aliphatic rings. The summed E-state index contributed by atoms with van der Waals surface area (Å²) in [6.45, 7) is 4.47. The molecule has 0 bridgehead atoms. The Bertz CT molecular complexity index is 574. The van der Waals surface area contributed by atoms with Crippen molar-refractivity contribution in [3.05, 3.63) is 57.9 Å². The van der Waals surface area contributed by atoms with E-state index in [4.69, 9.17) is 17.3 Å². The number of halogens is 3. The van der Waals surface area contributed by atoms with Gasteiger partial charge < -0.3 is 5.73 Å². The Hall–Kier alpha value is -1.09. The van der Waals surface area contributed by atoms with Crippen LogP contribution in [0.15, 0.2) is 30.3 Å². The normalized spacial score (nSPS) is 10.2. The maximum Gasteiger partial charge on any atom is 0.149 e. The van der Waals surface area contributed by atoms with Gasteiger partial charge in [-0.2, -0.15) is 0 Å². The number of hydrogen-bond donors (Lipinski definition) is 1. The van der Waals surface area contributed by atoms with Crippen molar-refractivity contribution in [1.29, 1.82) is 0 Å². The van der Waals surface area contributed by atoms with Gasteiger partial charge in [-0.1, -0.05) is 35.9 Å². The van der Waals surface area contributed by atoms with Crippen LogP contribution in [0.25, 0.3) is 11.1 Å². The summed E-state index contributed by atoms with van der Waals surface area (Å²) in [6.07, 6.45) is 0. The average molecular weight is 300 g/mol. The second kappa shape index (κ2) is 6.38. The van der Waals surface area contributed by atoms with Crippen LogP contribution in [0.4, 0.5) is 4.39 Å². The second-order valence-corrected chi connectivity index (χ2v) is 4.80. The number of benzene rings is 2. The first-order valence-electron chi connectivity index (χ1n) is 5.79. The largest absolute Gasteiger partial charge is 0.326 e. The lowest BCUT2D eigenvalue weighted by molar-refractivity contribution is 0.632. The lowest BCUT2D eigenvalue weighted by Gasteiger charge is -2.12. The summed E-state index contributed by atoms with van der Waals surface area (Å²) < 4.78 is 14.0. The van der Waals surface area contributed by atoms with Crippen molar-refractivity contribution in [2.75, 3.05) is 0 Å². The molecule has 2 rings (SSSR count). The third kappa shape index (κ3) is 3.08. The Kier molecular flexibility index (Phi) is 5.36. The van der Waals surface area contributed by atoms with Crippen LogP contribution in [0.5, 0.6) is 0 Å². The molecule has 0 spiro atoms. The van der Waals surface area contributed by atoms with E-state index in [1.807, 2.05) is 26.0 Å². The Labute approximate surface area is 124 Å². The molecular weight excluding hydrogens is 284 g/mol. The smallest absolute Gasteiger partial charge is 0.149 e. The van der Waals surface area contributed by atoms with Gasteiger partial charge in [0.1, 0.15) is 5.82 Å². The number of nitrogens with two attached hydrogens (primary N) is 1. The van der Waals surface area contributed by atoms with Gasteiger partial charge in [-0.25, -0.2) is 4.39 Å². The minimum atomic E-state index is -0.376. The van der Waals surface area contributed by atoms with E-state index in [0.717, 1.165) is 22.3 Å². The van der Waals surface area contributed by atoms with Crippen molar-refractivity contribution < 1.29 is 4.39 Å². The molecule has 2 N–H and O–H groups in total. The highest BCUT2D eigenvalue weighted by Gasteiger charge is 2.11. The van der Waals surface area contributed by atoms with Gasteiger partial charge in [-0.05, 0) is 42.2 Å². The van der Waals surface area contributed by atoms with Gasteiger partial charge in [0.25, 0.3) is 0 Å².